The van der Waals surface area contributed by atoms with E-state index in [2.05, 4.69) is 42.2 Å². The van der Waals surface area contributed by atoms with Crippen molar-refractivity contribution in [2.75, 3.05) is 6.54 Å². The van der Waals surface area contributed by atoms with Gasteiger partial charge in [-0.2, -0.15) is 0 Å². The topological polar surface area (TPSA) is 17.0 Å². The summed E-state index contributed by atoms with van der Waals surface area (Å²) in [6, 6.07) is 2.22. The Labute approximate surface area is 105 Å². The van der Waals surface area contributed by atoms with Crippen LogP contribution in [0.15, 0.2) is 18.5 Å². The summed E-state index contributed by atoms with van der Waals surface area (Å²) in [6.07, 6.45) is 10.1. The van der Waals surface area contributed by atoms with Gasteiger partial charge in [0.05, 0.1) is 0 Å². The molecule has 0 aromatic carbocycles. The van der Waals surface area contributed by atoms with E-state index in [1.54, 1.807) is 0 Å². The van der Waals surface area contributed by atoms with E-state index in [1.165, 1.54) is 37.8 Å². The Morgan fingerprint density at radius 3 is 2.88 bits per heavy atom. The van der Waals surface area contributed by atoms with Crippen molar-refractivity contribution in [1.82, 2.24) is 9.88 Å². The van der Waals surface area contributed by atoms with Crippen LogP contribution in [0.25, 0.3) is 0 Å². The Morgan fingerprint density at radius 1 is 1.35 bits per heavy atom. The number of nitrogens with one attached hydrogen (secondary N) is 1. The maximum Gasteiger partial charge on any atom is 0.0220 e. The molecule has 0 saturated heterocycles. The second-order valence-electron chi connectivity index (χ2n) is 5.50. The summed E-state index contributed by atoms with van der Waals surface area (Å²) >= 11 is 0. The van der Waals surface area contributed by atoms with Gasteiger partial charge in [0.1, 0.15) is 0 Å². The number of hydrogen-bond acceptors (Lipinski definition) is 1. The molecule has 1 N–H and O–H groups in total. The summed E-state index contributed by atoms with van der Waals surface area (Å²) in [5.74, 6) is 1.81. The zero-order valence-electron chi connectivity index (χ0n) is 11.3. The largest absolute Gasteiger partial charge is 0.354 e. The summed E-state index contributed by atoms with van der Waals surface area (Å²) in [5, 5.41) is 3.63. The molecular weight excluding hydrogens is 208 g/mol. The zero-order valence-corrected chi connectivity index (χ0v) is 11.3. The molecule has 0 bridgehead atoms. The van der Waals surface area contributed by atoms with Crippen LogP contribution < -0.4 is 5.32 Å². The van der Waals surface area contributed by atoms with Gasteiger partial charge in [-0.05, 0) is 43.4 Å². The van der Waals surface area contributed by atoms with Crippen molar-refractivity contribution in [3.8, 4) is 0 Å². The van der Waals surface area contributed by atoms with Crippen LogP contribution in [0.5, 0.6) is 0 Å². The molecule has 2 rings (SSSR count). The highest BCUT2D eigenvalue weighted by Gasteiger charge is 2.20. The van der Waals surface area contributed by atoms with Crippen LogP contribution >= 0.6 is 0 Å². The molecule has 17 heavy (non-hydrogen) atoms. The van der Waals surface area contributed by atoms with Crippen LogP contribution in [-0.2, 0) is 13.1 Å². The molecule has 1 saturated carbocycles. The molecule has 1 aromatic rings. The predicted octanol–water partition coefficient (Wildman–Crippen LogP) is 3.42. The summed E-state index contributed by atoms with van der Waals surface area (Å²) in [6.45, 7) is 7.88. The Balaban J connectivity index is 1.71. The first kappa shape index (κ1) is 12.7. The lowest BCUT2D eigenvalue weighted by Gasteiger charge is -2.28. The number of nitrogens with zero attached hydrogens (tertiary/aromatic N) is 1. The second kappa shape index (κ2) is 6.25. The summed E-state index contributed by atoms with van der Waals surface area (Å²) in [7, 11) is 0. The van der Waals surface area contributed by atoms with Gasteiger partial charge in [0.2, 0.25) is 0 Å². The molecule has 0 aliphatic heterocycles. The van der Waals surface area contributed by atoms with Crippen LogP contribution in [0.4, 0.5) is 0 Å². The number of hydrogen-bond donors (Lipinski definition) is 1. The van der Waals surface area contributed by atoms with E-state index in [-0.39, 0.29) is 0 Å². The van der Waals surface area contributed by atoms with Crippen molar-refractivity contribution >= 4 is 0 Å². The monoisotopic (exact) mass is 234 g/mol. The molecule has 1 aliphatic rings. The highest BCUT2D eigenvalue weighted by atomic mass is 14.9. The maximum absolute atomic E-state index is 3.63. The standard InChI is InChI=1S/C15H26N2/c1-3-17-9-8-14(12-17)10-16-11-15-7-5-4-6-13(15)2/h8-9,12-13,15-16H,3-7,10-11H2,1-2H3. The Bertz CT molecular complexity index is 329. The first-order valence-corrected chi connectivity index (χ1v) is 7.15. The summed E-state index contributed by atoms with van der Waals surface area (Å²) in [4.78, 5) is 0. The van der Waals surface area contributed by atoms with E-state index in [9.17, 15) is 0 Å². The van der Waals surface area contributed by atoms with E-state index >= 15 is 0 Å². The molecule has 0 spiro atoms. The smallest absolute Gasteiger partial charge is 0.0220 e. The first-order chi connectivity index (χ1) is 8.29. The summed E-state index contributed by atoms with van der Waals surface area (Å²) < 4.78 is 2.24. The number of aryl methyl sites for hydroxylation is 1. The van der Waals surface area contributed by atoms with Gasteiger partial charge >= 0.3 is 0 Å². The normalized spacial score (nSPS) is 25.1. The van der Waals surface area contributed by atoms with Crippen LogP contribution in [-0.4, -0.2) is 11.1 Å². The lowest BCUT2D eigenvalue weighted by Crippen LogP contribution is -2.28. The van der Waals surface area contributed by atoms with Gasteiger partial charge < -0.3 is 9.88 Å². The Hall–Kier alpha value is -0.760. The highest BCUT2D eigenvalue weighted by Crippen LogP contribution is 2.28. The molecule has 0 amide bonds. The Kier molecular flexibility index (Phi) is 4.66. The van der Waals surface area contributed by atoms with Crippen LogP contribution in [0.3, 0.4) is 0 Å². The van der Waals surface area contributed by atoms with E-state index in [1.807, 2.05) is 0 Å². The van der Waals surface area contributed by atoms with Crippen LogP contribution in [0, 0.1) is 11.8 Å². The molecule has 2 nitrogen and oxygen atoms in total. The molecule has 2 heteroatoms. The van der Waals surface area contributed by atoms with E-state index in [4.69, 9.17) is 0 Å². The van der Waals surface area contributed by atoms with Gasteiger partial charge in [-0.25, -0.2) is 0 Å². The van der Waals surface area contributed by atoms with Crippen molar-refractivity contribution in [3.05, 3.63) is 24.0 Å². The van der Waals surface area contributed by atoms with Crippen molar-refractivity contribution in [2.24, 2.45) is 11.8 Å². The minimum absolute atomic E-state index is 0.900. The molecular formula is C15H26N2. The molecule has 1 fully saturated rings. The van der Waals surface area contributed by atoms with E-state index in [0.29, 0.717) is 0 Å². The molecule has 1 aromatic heterocycles. The first-order valence-electron chi connectivity index (χ1n) is 7.15. The fourth-order valence-corrected chi connectivity index (χ4v) is 2.89. The maximum atomic E-state index is 3.63. The fraction of sp³-hybridized carbons (Fsp3) is 0.733. The molecule has 1 heterocycles. The molecule has 1 aliphatic carbocycles. The average Bonchev–Trinajstić information content (AvgIpc) is 2.80. The van der Waals surface area contributed by atoms with Gasteiger partial charge in [-0.1, -0.05) is 26.2 Å². The van der Waals surface area contributed by atoms with Gasteiger partial charge in [-0.3, -0.25) is 0 Å². The number of aromatic nitrogens is 1. The van der Waals surface area contributed by atoms with Crippen LogP contribution in [0.1, 0.15) is 45.1 Å². The molecule has 0 radical (unpaired) electrons. The van der Waals surface area contributed by atoms with Crippen molar-refractivity contribution in [1.29, 1.82) is 0 Å². The predicted molar refractivity (Wildman–Crippen MR) is 72.9 cm³/mol. The number of rotatable bonds is 5. The van der Waals surface area contributed by atoms with Crippen molar-refractivity contribution in [2.45, 2.75) is 52.6 Å². The van der Waals surface area contributed by atoms with Gasteiger partial charge in [0.25, 0.3) is 0 Å². The summed E-state index contributed by atoms with van der Waals surface area (Å²) in [5.41, 5.74) is 1.41. The molecule has 96 valence electrons. The second-order valence-corrected chi connectivity index (χ2v) is 5.50. The highest BCUT2D eigenvalue weighted by molar-refractivity contribution is 5.09. The minimum atomic E-state index is 0.900. The van der Waals surface area contributed by atoms with Gasteiger partial charge in [0, 0.05) is 25.5 Å². The zero-order chi connectivity index (χ0) is 12.1. The average molecular weight is 234 g/mol. The molecule has 2 unspecified atom stereocenters. The van der Waals surface area contributed by atoms with Gasteiger partial charge in [0.15, 0.2) is 0 Å². The van der Waals surface area contributed by atoms with E-state index < -0.39 is 0 Å². The van der Waals surface area contributed by atoms with Crippen molar-refractivity contribution < 1.29 is 0 Å². The van der Waals surface area contributed by atoms with Crippen molar-refractivity contribution in [3.63, 3.8) is 0 Å². The minimum Gasteiger partial charge on any atom is -0.354 e. The third-order valence-corrected chi connectivity index (χ3v) is 4.20. The lowest BCUT2D eigenvalue weighted by molar-refractivity contribution is 0.247. The third kappa shape index (κ3) is 3.60. The molecule has 2 atom stereocenters. The van der Waals surface area contributed by atoms with Gasteiger partial charge in [-0.15, -0.1) is 0 Å². The van der Waals surface area contributed by atoms with Crippen LogP contribution in [0.2, 0.25) is 0 Å². The SMILES string of the molecule is CCn1ccc(CNCC2CCCCC2C)c1. The third-order valence-electron chi connectivity index (χ3n) is 4.20. The lowest BCUT2D eigenvalue weighted by atomic mass is 9.80. The van der Waals surface area contributed by atoms with E-state index in [0.717, 1.165) is 24.9 Å². The Morgan fingerprint density at radius 2 is 2.18 bits per heavy atom. The quantitative estimate of drug-likeness (QED) is 0.826. The fourth-order valence-electron chi connectivity index (χ4n) is 2.89.